The van der Waals surface area contributed by atoms with E-state index >= 15 is 0 Å². The van der Waals surface area contributed by atoms with E-state index in [9.17, 15) is 0 Å². The van der Waals surface area contributed by atoms with E-state index in [1.165, 1.54) is 0 Å². The summed E-state index contributed by atoms with van der Waals surface area (Å²) in [6.45, 7) is 2.15. The number of nitrogens with zero attached hydrogens (tertiary/aromatic N) is 4. The highest BCUT2D eigenvalue weighted by Crippen LogP contribution is 2.20. The van der Waals surface area contributed by atoms with Crippen LogP contribution in [0.4, 0.5) is 6.01 Å². The third-order valence-electron chi connectivity index (χ3n) is 2.04. The molecule has 0 saturated heterocycles. The standard InChI is InChI=1S/C8H9Cl2N5O/c1-4-12-8(16-14-4)11-3-5-6(9)13-7(10)15(5)2/h3H2,1-2H3,(H,11,12,14). The van der Waals surface area contributed by atoms with Crippen molar-refractivity contribution in [3.63, 3.8) is 0 Å². The highest BCUT2D eigenvalue weighted by atomic mass is 35.5. The number of nitrogens with one attached hydrogen (secondary N) is 1. The van der Waals surface area contributed by atoms with Crippen LogP contribution in [0.1, 0.15) is 11.5 Å². The second-order valence-electron chi connectivity index (χ2n) is 3.18. The predicted octanol–water partition coefficient (Wildman–Crippen LogP) is 2.03. The molecule has 1 N–H and O–H groups in total. The van der Waals surface area contributed by atoms with Gasteiger partial charge >= 0.3 is 6.01 Å². The fraction of sp³-hybridized carbons (Fsp3) is 0.375. The summed E-state index contributed by atoms with van der Waals surface area (Å²) in [7, 11) is 1.78. The number of aryl methyl sites for hydroxylation is 1. The van der Waals surface area contributed by atoms with Gasteiger partial charge in [-0.15, -0.1) is 0 Å². The molecule has 0 aliphatic heterocycles. The lowest BCUT2D eigenvalue weighted by Gasteiger charge is -2.03. The van der Waals surface area contributed by atoms with E-state index in [0.717, 1.165) is 5.69 Å². The first-order valence-corrected chi connectivity index (χ1v) is 5.24. The van der Waals surface area contributed by atoms with Crippen molar-refractivity contribution in [3.8, 4) is 0 Å². The van der Waals surface area contributed by atoms with E-state index in [1.54, 1.807) is 18.5 Å². The number of aromatic nitrogens is 4. The maximum Gasteiger partial charge on any atom is 0.321 e. The zero-order valence-electron chi connectivity index (χ0n) is 8.66. The lowest BCUT2D eigenvalue weighted by Crippen LogP contribution is -2.05. The molecular formula is C8H9Cl2N5O. The minimum absolute atomic E-state index is 0.337. The second-order valence-corrected chi connectivity index (χ2v) is 3.87. The van der Waals surface area contributed by atoms with E-state index in [0.29, 0.717) is 28.8 Å². The summed E-state index contributed by atoms with van der Waals surface area (Å²) in [6.07, 6.45) is 0. The third kappa shape index (κ3) is 2.12. The van der Waals surface area contributed by atoms with E-state index in [1.807, 2.05) is 0 Å². The molecule has 0 atom stereocenters. The summed E-state index contributed by atoms with van der Waals surface area (Å²) in [5.41, 5.74) is 0.752. The van der Waals surface area contributed by atoms with Gasteiger partial charge in [0.05, 0.1) is 12.2 Å². The van der Waals surface area contributed by atoms with Gasteiger partial charge in [-0.1, -0.05) is 16.8 Å². The Morgan fingerprint density at radius 1 is 1.38 bits per heavy atom. The summed E-state index contributed by atoms with van der Waals surface area (Å²) in [5, 5.41) is 7.28. The predicted molar refractivity (Wildman–Crippen MR) is 59.6 cm³/mol. The number of hydrogen-bond donors (Lipinski definition) is 1. The van der Waals surface area contributed by atoms with E-state index in [-0.39, 0.29) is 0 Å². The maximum absolute atomic E-state index is 5.90. The van der Waals surface area contributed by atoms with Gasteiger partial charge in [0, 0.05) is 7.05 Å². The molecule has 0 bridgehead atoms. The van der Waals surface area contributed by atoms with Crippen molar-refractivity contribution in [2.75, 3.05) is 5.32 Å². The van der Waals surface area contributed by atoms with Crippen LogP contribution in [0.5, 0.6) is 0 Å². The highest BCUT2D eigenvalue weighted by molar-refractivity contribution is 6.32. The van der Waals surface area contributed by atoms with Crippen LogP contribution in [0.25, 0.3) is 0 Å². The van der Waals surface area contributed by atoms with Gasteiger partial charge in [0.15, 0.2) is 11.0 Å². The molecule has 86 valence electrons. The van der Waals surface area contributed by atoms with Gasteiger partial charge in [-0.25, -0.2) is 4.98 Å². The quantitative estimate of drug-likeness (QED) is 0.916. The molecule has 0 radical (unpaired) electrons. The zero-order valence-corrected chi connectivity index (χ0v) is 10.2. The molecule has 0 unspecified atom stereocenters. The lowest BCUT2D eigenvalue weighted by atomic mass is 10.4. The van der Waals surface area contributed by atoms with Gasteiger partial charge in [0.25, 0.3) is 0 Å². The van der Waals surface area contributed by atoms with Crippen molar-refractivity contribution in [1.82, 2.24) is 19.7 Å². The second kappa shape index (κ2) is 4.31. The number of rotatable bonds is 3. The molecule has 0 aliphatic rings. The first-order chi connectivity index (χ1) is 7.58. The molecule has 0 fully saturated rings. The van der Waals surface area contributed by atoms with Gasteiger partial charge < -0.3 is 14.4 Å². The Hall–Kier alpha value is -1.27. The fourth-order valence-electron chi connectivity index (χ4n) is 1.19. The Kier molecular flexibility index (Phi) is 3.02. The number of halogens is 2. The Labute approximate surface area is 102 Å². The van der Waals surface area contributed by atoms with Crippen LogP contribution < -0.4 is 5.32 Å². The molecule has 2 rings (SSSR count). The summed E-state index contributed by atoms with van der Waals surface area (Å²) in [4.78, 5) is 7.91. The van der Waals surface area contributed by atoms with Crippen molar-refractivity contribution in [3.05, 3.63) is 22.0 Å². The van der Waals surface area contributed by atoms with Crippen molar-refractivity contribution in [2.45, 2.75) is 13.5 Å². The van der Waals surface area contributed by atoms with Crippen LogP contribution in [0.15, 0.2) is 4.52 Å². The molecular weight excluding hydrogens is 253 g/mol. The zero-order chi connectivity index (χ0) is 11.7. The monoisotopic (exact) mass is 261 g/mol. The van der Waals surface area contributed by atoms with Crippen LogP contribution in [0, 0.1) is 6.92 Å². The Morgan fingerprint density at radius 3 is 2.62 bits per heavy atom. The molecule has 2 aromatic rings. The van der Waals surface area contributed by atoms with Crippen LogP contribution in [0.2, 0.25) is 10.4 Å². The molecule has 0 spiro atoms. The van der Waals surface area contributed by atoms with Crippen molar-refractivity contribution in [2.24, 2.45) is 7.05 Å². The largest absolute Gasteiger partial charge is 0.332 e. The molecule has 0 aliphatic carbocycles. The van der Waals surface area contributed by atoms with Gasteiger partial charge in [-0.2, -0.15) is 4.98 Å². The Balaban J connectivity index is 2.10. The van der Waals surface area contributed by atoms with Crippen LogP contribution in [-0.4, -0.2) is 19.7 Å². The average molecular weight is 262 g/mol. The maximum atomic E-state index is 5.90. The Bertz CT molecular complexity index is 506. The first kappa shape index (κ1) is 11.2. The number of imidazole rings is 1. The van der Waals surface area contributed by atoms with Crippen LogP contribution in [-0.2, 0) is 13.6 Å². The Morgan fingerprint density at radius 2 is 2.12 bits per heavy atom. The van der Waals surface area contributed by atoms with Gasteiger partial charge in [0.2, 0.25) is 5.28 Å². The minimum Gasteiger partial charge on any atom is -0.332 e. The summed E-state index contributed by atoms with van der Waals surface area (Å²) in [5.74, 6) is 0.566. The SMILES string of the molecule is Cc1noc(NCc2c(Cl)nc(Cl)n2C)n1. The average Bonchev–Trinajstić information content (AvgIpc) is 2.72. The minimum atomic E-state index is 0.337. The molecule has 6 nitrogen and oxygen atoms in total. The van der Waals surface area contributed by atoms with E-state index in [4.69, 9.17) is 27.7 Å². The van der Waals surface area contributed by atoms with E-state index in [2.05, 4.69) is 20.4 Å². The van der Waals surface area contributed by atoms with Crippen molar-refractivity contribution in [1.29, 1.82) is 0 Å². The number of hydrogen-bond acceptors (Lipinski definition) is 5. The summed E-state index contributed by atoms with van der Waals surface area (Å²) >= 11 is 11.7. The fourth-order valence-corrected chi connectivity index (χ4v) is 1.69. The van der Waals surface area contributed by atoms with Crippen molar-refractivity contribution < 1.29 is 4.52 Å². The van der Waals surface area contributed by atoms with Gasteiger partial charge in [-0.3, -0.25) is 0 Å². The molecule has 2 heterocycles. The number of anilines is 1. The summed E-state index contributed by atoms with van der Waals surface area (Å²) < 4.78 is 6.58. The normalized spacial score (nSPS) is 10.8. The third-order valence-corrected chi connectivity index (χ3v) is 2.69. The van der Waals surface area contributed by atoms with Crippen LogP contribution >= 0.6 is 23.2 Å². The van der Waals surface area contributed by atoms with E-state index < -0.39 is 0 Å². The molecule has 8 heteroatoms. The molecule has 0 aromatic carbocycles. The van der Waals surface area contributed by atoms with Gasteiger partial charge in [0.1, 0.15) is 0 Å². The van der Waals surface area contributed by atoms with Gasteiger partial charge in [-0.05, 0) is 18.5 Å². The van der Waals surface area contributed by atoms with Crippen molar-refractivity contribution >= 4 is 29.2 Å². The molecule has 0 amide bonds. The summed E-state index contributed by atoms with van der Waals surface area (Å²) in [6, 6.07) is 0.339. The topological polar surface area (TPSA) is 68.8 Å². The molecule has 16 heavy (non-hydrogen) atoms. The highest BCUT2D eigenvalue weighted by Gasteiger charge is 2.12. The lowest BCUT2D eigenvalue weighted by molar-refractivity contribution is 0.425. The first-order valence-electron chi connectivity index (χ1n) is 4.48. The van der Waals surface area contributed by atoms with Crippen LogP contribution in [0.3, 0.4) is 0 Å². The molecule has 2 aromatic heterocycles. The smallest absolute Gasteiger partial charge is 0.321 e. The molecule has 0 saturated carbocycles.